The smallest absolute Gasteiger partial charge is 0 e. The van der Waals surface area contributed by atoms with Crippen molar-refractivity contribution in [1.82, 2.24) is 0 Å². The van der Waals surface area contributed by atoms with E-state index in [1.165, 1.54) is 0 Å². The molecule has 0 bridgehead atoms. The molecule has 3 N–H and O–H groups in total. The van der Waals surface area contributed by atoms with E-state index >= 15 is 0 Å². The largest absolute Gasteiger partial charge is 0 e. The van der Waals surface area contributed by atoms with Crippen LogP contribution in [0.3, 0.4) is 0 Å². The fourth-order valence-electron chi connectivity index (χ4n) is 0. The minimum absolute atomic E-state index is 0. The maximum absolute atomic E-state index is 8.94. The Kier molecular flexibility index (Phi) is 5.06. The van der Waals surface area contributed by atoms with Crippen LogP contribution in [-0.4, -0.2) is 26.8 Å². The molecule has 0 unspecified atom stereocenters. The van der Waals surface area contributed by atoms with Crippen molar-refractivity contribution in [3.63, 3.8) is 0 Å². The molecule has 0 aromatic heterocycles. The molecular weight excluding hydrogens is 187 g/mol. The Bertz CT molecular complexity index is 53.7. The summed E-state index contributed by atoms with van der Waals surface area (Å²) in [5.74, 6) is 0. The Labute approximate surface area is 52.4 Å². The van der Waals surface area contributed by atoms with Gasteiger partial charge in [-0.15, -0.1) is 0 Å². The third kappa shape index (κ3) is 85.3. The van der Waals surface area contributed by atoms with Crippen molar-refractivity contribution in [2.24, 2.45) is 0 Å². The second-order valence-corrected chi connectivity index (χ2v) is 2.67. The monoisotopic (exact) mass is 190 g/mol. The predicted molar refractivity (Wildman–Crippen MR) is 13.1 cm³/mol. The average molecular weight is 190 g/mol. The van der Waals surface area contributed by atoms with Crippen LogP contribution in [0, 0.1) is 0 Å². The zero-order valence-electron chi connectivity index (χ0n) is 2.70. The minimum atomic E-state index is -5.12. The standard InChI is InChI=1S/AsH3O4.Ti/c2-1(3,4)5;/h(H3,2,3,4,5);. The summed E-state index contributed by atoms with van der Waals surface area (Å²) < 4.78 is 30.7. The molecule has 6 heavy (non-hydrogen) atoms. The maximum Gasteiger partial charge on any atom is 0 e. The minimum Gasteiger partial charge on any atom is 0 e. The molecule has 0 spiro atoms. The van der Waals surface area contributed by atoms with Crippen molar-refractivity contribution in [1.29, 1.82) is 0 Å². The molecule has 0 aromatic rings. The summed E-state index contributed by atoms with van der Waals surface area (Å²) in [7, 11) is 0. The number of rotatable bonds is 0. The van der Waals surface area contributed by atoms with Crippen molar-refractivity contribution in [2.45, 2.75) is 0 Å². The zero-order valence-corrected chi connectivity index (χ0v) is 6.14. The first-order chi connectivity index (χ1) is 2.00. The van der Waals surface area contributed by atoms with E-state index in [0.29, 0.717) is 0 Å². The molecule has 4 nitrogen and oxygen atoms in total. The van der Waals surface area contributed by atoms with Gasteiger partial charge in [0.25, 0.3) is 0 Å². The second-order valence-electron chi connectivity index (χ2n) is 0.513. The van der Waals surface area contributed by atoms with Crippen LogP contribution < -0.4 is 0 Å². The van der Waals surface area contributed by atoms with Crippen molar-refractivity contribution >= 4 is 14.5 Å². The van der Waals surface area contributed by atoms with Crippen molar-refractivity contribution in [3.8, 4) is 0 Å². The van der Waals surface area contributed by atoms with E-state index in [1.54, 1.807) is 0 Å². The number of hydrogen-bond donors (Lipinski definition) is 3. The summed E-state index contributed by atoms with van der Waals surface area (Å²) in [4.78, 5) is 0. The van der Waals surface area contributed by atoms with Crippen LogP contribution in [0.5, 0.6) is 0 Å². The van der Waals surface area contributed by atoms with Crippen LogP contribution in [0.4, 0.5) is 0 Å². The second kappa shape index (κ2) is 3.02. The molecule has 6 heteroatoms. The molecule has 0 atom stereocenters. The summed E-state index contributed by atoms with van der Waals surface area (Å²) in [5, 5.41) is 0. The topological polar surface area (TPSA) is 77.8 Å². The first kappa shape index (κ1) is 10.0. The van der Waals surface area contributed by atoms with Crippen LogP contribution >= 0.6 is 0 Å². The van der Waals surface area contributed by atoms with E-state index < -0.39 is 14.5 Å². The third-order valence-corrected chi connectivity index (χ3v) is 0. The van der Waals surface area contributed by atoms with Gasteiger partial charge in [-0.3, -0.25) is 0 Å². The van der Waals surface area contributed by atoms with Gasteiger partial charge < -0.3 is 0 Å². The molecule has 0 rings (SSSR count). The van der Waals surface area contributed by atoms with Crippen LogP contribution in [0.2, 0.25) is 0 Å². The first-order valence-electron chi connectivity index (χ1n) is 0.783. The van der Waals surface area contributed by atoms with Crippen LogP contribution in [-0.2, 0) is 25.5 Å². The van der Waals surface area contributed by atoms with E-state index in [2.05, 4.69) is 0 Å². The molecule has 0 saturated carbocycles. The maximum atomic E-state index is 8.94. The Hall–Kier alpha value is 0.953. The molecule has 0 aromatic carbocycles. The molecule has 0 aliphatic heterocycles. The zero-order chi connectivity index (χ0) is 4.50. The number of hydrogen-bond acceptors (Lipinski definition) is 1. The molecule has 0 amide bonds. The normalized spacial score (nSPS) is 9.83. The average Bonchev–Trinajstić information content (AvgIpc) is 0.722. The van der Waals surface area contributed by atoms with E-state index in [1.807, 2.05) is 0 Å². The van der Waals surface area contributed by atoms with Crippen molar-refractivity contribution in [2.75, 3.05) is 0 Å². The molecule has 0 aliphatic rings. The van der Waals surface area contributed by atoms with Gasteiger partial charge in [0, 0.05) is 21.7 Å². The van der Waals surface area contributed by atoms with Gasteiger partial charge >= 0.3 is 30.5 Å². The van der Waals surface area contributed by atoms with E-state index in [9.17, 15) is 0 Å². The molecule has 0 heterocycles. The van der Waals surface area contributed by atoms with Gasteiger partial charge in [0.2, 0.25) is 0 Å². The fourth-order valence-corrected chi connectivity index (χ4v) is 0. The quantitative estimate of drug-likeness (QED) is 0.379. The van der Waals surface area contributed by atoms with E-state index in [4.69, 9.17) is 16.0 Å². The van der Waals surface area contributed by atoms with Crippen LogP contribution in [0.1, 0.15) is 0 Å². The Balaban J connectivity index is 0. The molecule has 36 valence electrons. The van der Waals surface area contributed by atoms with E-state index in [0.717, 1.165) is 0 Å². The summed E-state index contributed by atoms with van der Waals surface area (Å²) in [6.45, 7) is 0. The van der Waals surface area contributed by atoms with Crippen molar-refractivity contribution < 1.29 is 37.7 Å². The predicted octanol–water partition coefficient (Wildman–Crippen LogP) is -2.17. The SMILES string of the molecule is O=[As](O)(O)O.[Ti]. The Morgan fingerprint density at radius 1 is 1.17 bits per heavy atom. The summed E-state index contributed by atoms with van der Waals surface area (Å²) in [5.41, 5.74) is 0. The summed E-state index contributed by atoms with van der Waals surface area (Å²) >= 11 is -5.12. The fraction of sp³-hybridized carbons (Fsp3) is 0. The van der Waals surface area contributed by atoms with Crippen molar-refractivity contribution in [3.05, 3.63) is 0 Å². The summed E-state index contributed by atoms with van der Waals surface area (Å²) in [6.07, 6.45) is 0. The van der Waals surface area contributed by atoms with Gasteiger partial charge in [-0.25, -0.2) is 0 Å². The molecule has 0 aliphatic carbocycles. The van der Waals surface area contributed by atoms with Gasteiger partial charge in [-0.1, -0.05) is 0 Å². The Morgan fingerprint density at radius 2 is 1.17 bits per heavy atom. The van der Waals surface area contributed by atoms with Gasteiger partial charge in [0.05, 0.1) is 0 Å². The molecule has 0 fully saturated rings. The van der Waals surface area contributed by atoms with Gasteiger partial charge in [0.1, 0.15) is 0 Å². The van der Waals surface area contributed by atoms with Gasteiger partial charge in [-0.2, -0.15) is 0 Å². The van der Waals surface area contributed by atoms with Gasteiger partial charge in [0.15, 0.2) is 0 Å². The molecular formula is H3AsO4Ti. The molecule has 0 radical (unpaired) electrons. The first-order valence-corrected chi connectivity index (χ1v) is 4.07. The van der Waals surface area contributed by atoms with E-state index in [-0.39, 0.29) is 21.7 Å². The summed E-state index contributed by atoms with van der Waals surface area (Å²) in [6, 6.07) is 0. The molecule has 0 saturated heterocycles. The Morgan fingerprint density at radius 3 is 1.17 bits per heavy atom. The van der Waals surface area contributed by atoms with Crippen LogP contribution in [0.25, 0.3) is 0 Å². The van der Waals surface area contributed by atoms with Crippen LogP contribution in [0.15, 0.2) is 0 Å². The van der Waals surface area contributed by atoms with Gasteiger partial charge in [-0.05, 0) is 0 Å². The third-order valence-electron chi connectivity index (χ3n) is 0.